The van der Waals surface area contributed by atoms with Crippen molar-refractivity contribution in [2.75, 3.05) is 56.0 Å². The highest BCUT2D eigenvalue weighted by atomic mass is 16.2. The number of benzene rings is 2. The van der Waals surface area contributed by atoms with Gasteiger partial charge in [0.1, 0.15) is 6.04 Å². The highest BCUT2D eigenvalue weighted by Crippen LogP contribution is 2.17. The predicted molar refractivity (Wildman–Crippen MR) is 128 cm³/mol. The van der Waals surface area contributed by atoms with Gasteiger partial charge in [0, 0.05) is 50.6 Å². The van der Waals surface area contributed by atoms with Crippen molar-refractivity contribution in [2.45, 2.75) is 19.4 Å². The van der Waals surface area contributed by atoms with Gasteiger partial charge in [0.25, 0.3) is 0 Å². The van der Waals surface area contributed by atoms with Crippen LogP contribution in [0.15, 0.2) is 54.6 Å². The van der Waals surface area contributed by atoms with Crippen molar-refractivity contribution in [3.8, 4) is 0 Å². The molecule has 0 unspecified atom stereocenters. The molecule has 2 aliphatic rings. The Morgan fingerprint density at radius 1 is 1.00 bits per heavy atom. The zero-order valence-corrected chi connectivity index (χ0v) is 19.0. The molecule has 2 aromatic rings. The second-order valence-electron chi connectivity index (χ2n) is 8.61. The molecule has 0 bridgehead atoms. The van der Waals surface area contributed by atoms with Crippen molar-refractivity contribution >= 4 is 29.1 Å². The van der Waals surface area contributed by atoms with Crippen molar-refractivity contribution < 1.29 is 14.4 Å². The molecule has 1 atom stereocenters. The lowest BCUT2D eigenvalue weighted by Crippen LogP contribution is -2.60. The Labute approximate surface area is 194 Å². The molecule has 2 N–H and O–H groups in total. The number of hydrogen-bond donors (Lipinski definition) is 2. The molecule has 2 heterocycles. The second-order valence-corrected chi connectivity index (χ2v) is 8.61. The van der Waals surface area contributed by atoms with E-state index in [4.69, 9.17) is 0 Å². The van der Waals surface area contributed by atoms with Crippen LogP contribution in [0, 0.1) is 6.92 Å². The first-order valence-corrected chi connectivity index (χ1v) is 11.5. The van der Waals surface area contributed by atoms with Gasteiger partial charge in [-0.05, 0) is 36.8 Å². The van der Waals surface area contributed by atoms with Crippen molar-refractivity contribution in [3.63, 3.8) is 0 Å². The van der Waals surface area contributed by atoms with Gasteiger partial charge in [-0.1, -0.05) is 30.3 Å². The van der Waals surface area contributed by atoms with E-state index in [1.807, 2.05) is 49.4 Å². The molecular formula is C25H31N5O3. The highest BCUT2D eigenvalue weighted by molar-refractivity contribution is 5.97. The highest BCUT2D eigenvalue weighted by Gasteiger charge is 2.35. The Morgan fingerprint density at radius 3 is 2.48 bits per heavy atom. The number of carbonyl (C=O) groups is 3. The molecule has 0 saturated carbocycles. The van der Waals surface area contributed by atoms with Crippen LogP contribution in [0.25, 0.3) is 0 Å². The molecule has 0 spiro atoms. The summed E-state index contributed by atoms with van der Waals surface area (Å²) >= 11 is 0. The van der Waals surface area contributed by atoms with Crippen LogP contribution in [-0.4, -0.2) is 79.4 Å². The topological polar surface area (TPSA) is 85.0 Å². The molecule has 174 valence electrons. The van der Waals surface area contributed by atoms with Crippen molar-refractivity contribution in [2.24, 2.45) is 0 Å². The SMILES string of the molecule is Cc1cccc(NC(=O)C[C@@H]2C(=O)NCCN2C(=O)CN2CCN(c3ccccc3)CC2)c1. The Bertz CT molecular complexity index is 989. The fourth-order valence-corrected chi connectivity index (χ4v) is 4.41. The maximum Gasteiger partial charge on any atom is 0.243 e. The van der Waals surface area contributed by atoms with Gasteiger partial charge in [-0.15, -0.1) is 0 Å². The molecule has 4 rings (SSSR count). The van der Waals surface area contributed by atoms with Crippen LogP contribution in [0.2, 0.25) is 0 Å². The molecule has 0 aliphatic carbocycles. The minimum Gasteiger partial charge on any atom is -0.369 e. The lowest BCUT2D eigenvalue weighted by Gasteiger charge is -2.39. The summed E-state index contributed by atoms with van der Waals surface area (Å²) in [7, 11) is 0. The molecule has 0 radical (unpaired) electrons. The minimum atomic E-state index is -0.790. The number of anilines is 2. The van der Waals surface area contributed by atoms with Crippen LogP contribution >= 0.6 is 0 Å². The average molecular weight is 450 g/mol. The molecule has 3 amide bonds. The van der Waals surface area contributed by atoms with Gasteiger partial charge in [-0.25, -0.2) is 0 Å². The number of amides is 3. The fourth-order valence-electron chi connectivity index (χ4n) is 4.41. The van der Waals surface area contributed by atoms with Crippen LogP contribution in [0.1, 0.15) is 12.0 Å². The van der Waals surface area contributed by atoms with Crippen molar-refractivity contribution in [3.05, 3.63) is 60.2 Å². The van der Waals surface area contributed by atoms with Crippen LogP contribution in [0.4, 0.5) is 11.4 Å². The quantitative estimate of drug-likeness (QED) is 0.698. The van der Waals surface area contributed by atoms with Gasteiger partial charge >= 0.3 is 0 Å². The lowest BCUT2D eigenvalue weighted by atomic mass is 10.1. The number of nitrogens with one attached hydrogen (secondary N) is 2. The maximum atomic E-state index is 13.1. The Kier molecular flexibility index (Phi) is 7.24. The van der Waals surface area contributed by atoms with Crippen molar-refractivity contribution in [1.82, 2.24) is 15.1 Å². The van der Waals surface area contributed by atoms with Gasteiger partial charge in [0.15, 0.2) is 0 Å². The van der Waals surface area contributed by atoms with Gasteiger partial charge < -0.3 is 20.4 Å². The van der Waals surface area contributed by atoms with Crippen LogP contribution in [0.5, 0.6) is 0 Å². The first-order valence-electron chi connectivity index (χ1n) is 11.5. The van der Waals surface area contributed by atoms with Gasteiger partial charge in [0.05, 0.1) is 13.0 Å². The molecule has 2 saturated heterocycles. The number of carbonyl (C=O) groups excluding carboxylic acids is 3. The van der Waals surface area contributed by atoms with E-state index >= 15 is 0 Å². The van der Waals surface area contributed by atoms with Gasteiger partial charge in [-0.2, -0.15) is 0 Å². The molecule has 8 heteroatoms. The maximum absolute atomic E-state index is 13.1. The van der Waals surface area contributed by atoms with Crippen LogP contribution in [-0.2, 0) is 14.4 Å². The number of piperazine rings is 2. The van der Waals surface area contributed by atoms with Crippen LogP contribution in [0.3, 0.4) is 0 Å². The van der Waals surface area contributed by atoms with E-state index < -0.39 is 6.04 Å². The minimum absolute atomic E-state index is 0.0622. The number of hydrogen-bond acceptors (Lipinski definition) is 5. The summed E-state index contributed by atoms with van der Waals surface area (Å²) in [5.41, 5.74) is 2.91. The molecule has 0 aromatic heterocycles. The summed E-state index contributed by atoms with van der Waals surface area (Å²) in [4.78, 5) is 44.3. The smallest absolute Gasteiger partial charge is 0.243 e. The van der Waals surface area contributed by atoms with E-state index in [1.54, 1.807) is 4.90 Å². The van der Waals surface area contributed by atoms with E-state index in [9.17, 15) is 14.4 Å². The summed E-state index contributed by atoms with van der Waals surface area (Å²) < 4.78 is 0. The first kappa shape index (κ1) is 22.8. The largest absolute Gasteiger partial charge is 0.369 e. The first-order chi connectivity index (χ1) is 16.0. The third-order valence-corrected chi connectivity index (χ3v) is 6.18. The standard InChI is InChI=1S/C25H31N5O3/c1-19-6-5-7-20(16-19)27-23(31)17-22-25(33)26-10-11-30(22)24(32)18-28-12-14-29(15-13-28)21-8-3-2-4-9-21/h2-9,16,22H,10-15,17-18H2,1H3,(H,26,33)(H,27,31)/t22-/m1/s1. The van der Waals surface area contributed by atoms with E-state index in [1.165, 1.54) is 5.69 Å². The number of aryl methyl sites for hydroxylation is 1. The third kappa shape index (κ3) is 5.90. The molecule has 2 fully saturated rings. The normalized spacial score (nSPS) is 19.2. The van der Waals surface area contributed by atoms with E-state index in [0.717, 1.165) is 31.7 Å². The molecule has 33 heavy (non-hydrogen) atoms. The van der Waals surface area contributed by atoms with Gasteiger partial charge in [0.2, 0.25) is 17.7 Å². The van der Waals surface area contributed by atoms with E-state index in [0.29, 0.717) is 18.8 Å². The Morgan fingerprint density at radius 2 is 1.76 bits per heavy atom. The van der Waals surface area contributed by atoms with E-state index in [-0.39, 0.29) is 30.7 Å². The third-order valence-electron chi connectivity index (χ3n) is 6.18. The molecule has 2 aromatic carbocycles. The summed E-state index contributed by atoms with van der Waals surface area (Å²) in [6, 6.07) is 17.0. The second kappa shape index (κ2) is 10.5. The Balaban J connectivity index is 1.32. The average Bonchev–Trinajstić information content (AvgIpc) is 2.81. The molecule has 8 nitrogen and oxygen atoms in total. The van der Waals surface area contributed by atoms with Crippen LogP contribution < -0.4 is 15.5 Å². The lowest BCUT2D eigenvalue weighted by molar-refractivity contribution is -0.145. The zero-order valence-electron chi connectivity index (χ0n) is 19.0. The summed E-state index contributed by atoms with van der Waals surface area (Å²) in [5.74, 6) is -0.661. The summed E-state index contributed by atoms with van der Waals surface area (Å²) in [6.45, 7) is 6.27. The number of rotatable bonds is 6. The summed E-state index contributed by atoms with van der Waals surface area (Å²) in [5, 5.41) is 5.63. The monoisotopic (exact) mass is 449 g/mol. The number of para-hydroxylation sites is 1. The Hall–Kier alpha value is -3.39. The van der Waals surface area contributed by atoms with Gasteiger partial charge in [-0.3, -0.25) is 19.3 Å². The zero-order chi connectivity index (χ0) is 23.2. The molecule has 2 aliphatic heterocycles. The fraction of sp³-hybridized carbons (Fsp3) is 0.400. The van der Waals surface area contributed by atoms with Crippen molar-refractivity contribution in [1.29, 1.82) is 0 Å². The predicted octanol–water partition coefficient (Wildman–Crippen LogP) is 1.47. The summed E-state index contributed by atoms with van der Waals surface area (Å²) in [6.07, 6.45) is -0.0622. The molecular weight excluding hydrogens is 418 g/mol. The van der Waals surface area contributed by atoms with E-state index in [2.05, 4.69) is 32.6 Å². The number of nitrogens with zero attached hydrogens (tertiary/aromatic N) is 3.